The second kappa shape index (κ2) is 6.14. The summed E-state index contributed by atoms with van der Waals surface area (Å²) >= 11 is 0. The second-order valence-electron chi connectivity index (χ2n) is 5.67. The third-order valence-corrected chi connectivity index (χ3v) is 4.00. The number of likely N-dealkylation sites (N-methyl/N-ethyl adjacent to an activating group) is 1. The van der Waals surface area contributed by atoms with Gasteiger partial charge in [0.25, 0.3) is 0 Å². The van der Waals surface area contributed by atoms with E-state index in [9.17, 15) is 15.2 Å². The quantitative estimate of drug-likeness (QED) is 0.625. The van der Waals surface area contributed by atoms with Gasteiger partial charge in [0, 0.05) is 25.3 Å². The van der Waals surface area contributed by atoms with E-state index in [0.717, 1.165) is 36.4 Å². The van der Waals surface area contributed by atoms with Crippen molar-refractivity contribution in [3.05, 3.63) is 23.3 Å². The van der Waals surface area contributed by atoms with Gasteiger partial charge in [0.05, 0.1) is 12.6 Å². The molecule has 1 unspecified atom stereocenters. The van der Waals surface area contributed by atoms with Crippen LogP contribution in [0.2, 0.25) is 0 Å². The molecule has 0 aliphatic carbocycles. The first-order valence-electron chi connectivity index (χ1n) is 6.97. The minimum Gasteiger partial charge on any atom is -0.423 e. The summed E-state index contributed by atoms with van der Waals surface area (Å²) < 4.78 is 0. The lowest BCUT2D eigenvalue weighted by Crippen LogP contribution is -2.54. The van der Waals surface area contributed by atoms with Crippen molar-refractivity contribution < 1.29 is 15.2 Å². The molecule has 0 spiro atoms. The van der Waals surface area contributed by atoms with Gasteiger partial charge in [-0.25, -0.2) is 0 Å². The molecule has 20 heavy (non-hydrogen) atoms. The van der Waals surface area contributed by atoms with E-state index >= 15 is 0 Å². The number of nitrogens with zero attached hydrogens (tertiary/aromatic N) is 2. The van der Waals surface area contributed by atoms with Gasteiger partial charge in [-0.1, -0.05) is 12.1 Å². The van der Waals surface area contributed by atoms with E-state index < -0.39 is 7.12 Å². The van der Waals surface area contributed by atoms with Gasteiger partial charge in [-0.15, -0.1) is 0 Å². The van der Waals surface area contributed by atoms with Crippen LogP contribution in [-0.2, 0) is 0 Å². The maximum Gasteiger partial charge on any atom is 0.488 e. The van der Waals surface area contributed by atoms with Crippen LogP contribution < -0.4 is 10.4 Å². The van der Waals surface area contributed by atoms with Crippen LogP contribution in [0, 0.1) is 13.8 Å². The number of aryl methyl sites for hydroxylation is 2. The van der Waals surface area contributed by atoms with Gasteiger partial charge < -0.3 is 25.0 Å². The molecular formula is C14H23BN2O3. The third kappa shape index (κ3) is 2.98. The Morgan fingerprint density at radius 1 is 1.20 bits per heavy atom. The van der Waals surface area contributed by atoms with Crippen molar-refractivity contribution in [1.29, 1.82) is 0 Å². The molecule has 0 radical (unpaired) electrons. The van der Waals surface area contributed by atoms with Crippen LogP contribution in [0.15, 0.2) is 12.1 Å². The molecule has 0 aromatic heterocycles. The number of aliphatic hydroxyl groups is 1. The van der Waals surface area contributed by atoms with Crippen LogP contribution in [0.5, 0.6) is 0 Å². The van der Waals surface area contributed by atoms with Gasteiger partial charge in [0.2, 0.25) is 0 Å². The fourth-order valence-corrected chi connectivity index (χ4v) is 3.05. The van der Waals surface area contributed by atoms with Crippen LogP contribution in [0.1, 0.15) is 11.1 Å². The fourth-order valence-electron chi connectivity index (χ4n) is 3.05. The van der Waals surface area contributed by atoms with E-state index in [1.54, 1.807) is 12.1 Å². The molecule has 1 aliphatic rings. The molecule has 1 heterocycles. The lowest BCUT2D eigenvalue weighted by Gasteiger charge is -2.42. The molecule has 2 rings (SSSR count). The number of hydrogen-bond donors (Lipinski definition) is 3. The SMILES string of the molecule is Cc1cc(B(O)O)cc(C)c1N1CCN(C)CC1CO. The lowest BCUT2D eigenvalue weighted by molar-refractivity contribution is 0.191. The Morgan fingerprint density at radius 2 is 1.80 bits per heavy atom. The molecule has 1 fully saturated rings. The van der Waals surface area contributed by atoms with Crippen molar-refractivity contribution in [3.63, 3.8) is 0 Å². The van der Waals surface area contributed by atoms with Gasteiger partial charge >= 0.3 is 7.12 Å². The second-order valence-corrected chi connectivity index (χ2v) is 5.67. The summed E-state index contributed by atoms with van der Waals surface area (Å²) in [5.74, 6) is 0. The Balaban J connectivity index is 2.36. The van der Waals surface area contributed by atoms with Gasteiger partial charge in [-0.05, 0) is 37.5 Å². The maximum absolute atomic E-state index is 9.62. The number of piperazine rings is 1. The molecule has 5 nitrogen and oxygen atoms in total. The monoisotopic (exact) mass is 278 g/mol. The van der Waals surface area contributed by atoms with E-state index in [4.69, 9.17) is 0 Å². The summed E-state index contributed by atoms with van der Waals surface area (Å²) in [6.45, 7) is 6.72. The van der Waals surface area contributed by atoms with Gasteiger partial charge in [-0.2, -0.15) is 0 Å². The van der Waals surface area contributed by atoms with Crippen LogP contribution in [-0.4, -0.2) is 66.5 Å². The van der Waals surface area contributed by atoms with E-state index in [1.165, 1.54) is 0 Å². The predicted molar refractivity (Wildman–Crippen MR) is 81.5 cm³/mol. The molecule has 0 saturated carbocycles. The number of aliphatic hydroxyl groups excluding tert-OH is 1. The Hall–Kier alpha value is -1.08. The topological polar surface area (TPSA) is 67.2 Å². The largest absolute Gasteiger partial charge is 0.488 e. The van der Waals surface area contributed by atoms with Crippen LogP contribution in [0.4, 0.5) is 5.69 Å². The minimum absolute atomic E-state index is 0.0797. The Labute approximate surface area is 120 Å². The molecule has 1 saturated heterocycles. The van der Waals surface area contributed by atoms with E-state index in [1.807, 2.05) is 13.8 Å². The predicted octanol–water partition coefficient (Wildman–Crippen LogP) is -0.904. The lowest BCUT2D eigenvalue weighted by atomic mass is 9.78. The normalized spacial score (nSPS) is 20.3. The summed E-state index contributed by atoms with van der Waals surface area (Å²) in [5, 5.41) is 28.2. The average Bonchev–Trinajstić information content (AvgIpc) is 2.39. The maximum atomic E-state index is 9.62. The van der Waals surface area contributed by atoms with Crippen molar-refractivity contribution in [2.75, 3.05) is 38.2 Å². The zero-order valence-corrected chi connectivity index (χ0v) is 12.4. The Morgan fingerprint density at radius 3 is 2.30 bits per heavy atom. The summed E-state index contributed by atoms with van der Waals surface area (Å²) in [6.07, 6.45) is 0. The summed E-state index contributed by atoms with van der Waals surface area (Å²) in [5.41, 5.74) is 3.63. The highest BCUT2D eigenvalue weighted by Crippen LogP contribution is 2.27. The molecule has 1 aromatic rings. The van der Waals surface area contributed by atoms with E-state index in [0.29, 0.717) is 5.46 Å². The average molecular weight is 278 g/mol. The molecule has 1 aromatic carbocycles. The number of rotatable bonds is 3. The summed E-state index contributed by atoms with van der Waals surface area (Å²) in [6, 6.07) is 3.69. The first kappa shape index (κ1) is 15.3. The molecule has 0 amide bonds. The zero-order valence-electron chi connectivity index (χ0n) is 12.4. The molecule has 110 valence electrons. The molecular weight excluding hydrogens is 255 g/mol. The van der Waals surface area contributed by atoms with Crippen molar-refractivity contribution in [2.45, 2.75) is 19.9 Å². The Kier molecular flexibility index (Phi) is 4.70. The van der Waals surface area contributed by atoms with Gasteiger partial charge in [0.1, 0.15) is 0 Å². The highest BCUT2D eigenvalue weighted by molar-refractivity contribution is 6.58. The summed E-state index contributed by atoms with van der Waals surface area (Å²) in [7, 11) is 0.618. The molecule has 6 heteroatoms. The van der Waals surface area contributed by atoms with Crippen LogP contribution in [0.3, 0.4) is 0 Å². The smallest absolute Gasteiger partial charge is 0.423 e. The number of anilines is 1. The van der Waals surface area contributed by atoms with Crippen molar-refractivity contribution >= 4 is 18.3 Å². The highest BCUT2D eigenvalue weighted by Gasteiger charge is 2.27. The highest BCUT2D eigenvalue weighted by atomic mass is 16.4. The first-order chi connectivity index (χ1) is 9.43. The Bertz CT molecular complexity index is 458. The van der Waals surface area contributed by atoms with Crippen LogP contribution in [0.25, 0.3) is 0 Å². The molecule has 3 N–H and O–H groups in total. The van der Waals surface area contributed by atoms with E-state index in [2.05, 4.69) is 16.8 Å². The first-order valence-corrected chi connectivity index (χ1v) is 6.97. The molecule has 1 atom stereocenters. The van der Waals surface area contributed by atoms with Gasteiger partial charge in [-0.3, -0.25) is 0 Å². The third-order valence-electron chi connectivity index (χ3n) is 4.00. The van der Waals surface area contributed by atoms with Gasteiger partial charge in [0.15, 0.2) is 0 Å². The standard InChI is InChI=1S/C14H23BN2O3/c1-10-6-12(15(19)20)7-11(2)14(10)17-5-4-16(3)8-13(17)9-18/h6-7,13,18-20H,4-5,8-9H2,1-3H3. The van der Waals surface area contributed by atoms with Crippen molar-refractivity contribution in [2.24, 2.45) is 0 Å². The molecule has 0 bridgehead atoms. The van der Waals surface area contributed by atoms with Crippen molar-refractivity contribution in [3.8, 4) is 0 Å². The zero-order chi connectivity index (χ0) is 14.9. The fraction of sp³-hybridized carbons (Fsp3) is 0.571. The van der Waals surface area contributed by atoms with Crippen molar-refractivity contribution in [1.82, 2.24) is 4.90 Å². The summed E-state index contributed by atoms with van der Waals surface area (Å²) in [4.78, 5) is 4.45. The number of benzene rings is 1. The van der Waals surface area contributed by atoms with Crippen LogP contribution >= 0.6 is 0 Å². The minimum atomic E-state index is -1.44. The van der Waals surface area contributed by atoms with E-state index in [-0.39, 0.29) is 12.6 Å². The molecule has 1 aliphatic heterocycles. The number of hydrogen-bond acceptors (Lipinski definition) is 5.